The van der Waals surface area contributed by atoms with Gasteiger partial charge in [-0.15, -0.1) is 0 Å². The van der Waals surface area contributed by atoms with Crippen LogP contribution in [0.1, 0.15) is 25.7 Å². The molecule has 0 radical (unpaired) electrons. The molecule has 3 aromatic rings. The van der Waals surface area contributed by atoms with Crippen molar-refractivity contribution < 1.29 is 9.53 Å². The summed E-state index contributed by atoms with van der Waals surface area (Å²) < 4.78 is 5.61. The van der Waals surface area contributed by atoms with Gasteiger partial charge in [-0.05, 0) is 76.1 Å². The van der Waals surface area contributed by atoms with Gasteiger partial charge >= 0.3 is 5.97 Å². The summed E-state index contributed by atoms with van der Waals surface area (Å²) >= 11 is 0. The van der Waals surface area contributed by atoms with Crippen LogP contribution in [-0.2, 0) is 4.79 Å². The molecule has 0 atom stereocenters. The molecule has 27 heavy (non-hydrogen) atoms. The second-order valence-corrected chi connectivity index (χ2v) is 9.12. The van der Waals surface area contributed by atoms with Crippen LogP contribution < -0.4 is 4.74 Å². The van der Waals surface area contributed by atoms with E-state index >= 15 is 0 Å². The van der Waals surface area contributed by atoms with Crippen molar-refractivity contribution in [1.82, 2.24) is 0 Å². The molecule has 0 amide bonds. The lowest BCUT2D eigenvalue weighted by Crippen LogP contribution is -2.17. The molecule has 0 bridgehead atoms. The van der Waals surface area contributed by atoms with E-state index in [1.807, 2.05) is 24.3 Å². The summed E-state index contributed by atoms with van der Waals surface area (Å²) in [5, 5.41) is 0. The summed E-state index contributed by atoms with van der Waals surface area (Å²) in [5.41, 5.74) is 0. The Hall–Kier alpha value is -2.52. The summed E-state index contributed by atoms with van der Waals surface area (Å²) in [6.07, 6.45) is 4.20. The molecule has 1 fully saturated rings. The predicted molar refractivity (Wildman–Crippen MR) is 111 cm³/mol. The van der Waals surface area contributed by atoms with Crippen LogP contribution >= 0.6 is 10.9 Å². The first-order chi connectivity index (χ1) is 13.3. The van der Waals surface area contributed by atoms with E-state index in [2.05, 4.69) is 60.7 Å². The van der Waals surface area contributed by atoms with Crippen molar-refractivity contribution in [2.45, 2.75) is 40.4 Å². The number of esters is 1. The lowest BCUT2D eigenvalue weighted by atomic mass is 10.1. The number of hydrogen-bond donors (Lipinski definition) is 1. The number of ether oxygens (including phenoxy) is 1. The SMILES string of the molecule is O=C(Oc1ccc([SH](c2ccccc2)c2ccccc2)cc1)C1CCCC1. The average molecular weight is 377 g/mol. The zero-order valence-electron chi connectivity index (χ0n) is 15.3. The molecule has 0 aliphatic heterocycles. The highest BCUT2D eigenvalue weighted by Gasteiger charge is 2.24. The van der Waals surface area contributed by atoms with E-state index in [4.69, 9.17) is 4.74 Å². The first-order valence-corrected chi connectivity index (χ1v) is 10.9. The van der Waals surface area contributed by atoms with Gasteiger partial charge in [-0.3, -0.25) is 4.79 Å². The fraction of sp³-hybridized carbons (Fsp3) is 0.208. The standard InChI is InChI=1S/C24H24O2S/c25-24(19-9-7-8-10-19)26-20-15-17-23(18-16-20)27(21-11-3-1-4-12-21)22-13-5-2-6-14-22/h1-6,11-19,27H,7-10H2. The van der Waals surface area contributed by atoms with Crippen molar-refractivity contribution in [3.63, 3.8) is 0 Å². The monoisotopic (exact) mass is 376 g/mol. The lowest BCUT2D eigenvalue weighted by Gasteiger charge is -2.23. The lowest BCUT2D eigenvalue weighted by molar-refractivity contribution is -0.138. The first kappa shape index (κ1) is 17.9. The Morgan fingerprint density at radius 2 is 1.19 bits per heavy atom. The zero-order chi connectivity index (χ0) is 18.5. The van der Waals surface area contributed by atoms with Gasteiger partial charge in [0, 0.05) is 0 Å². The minimum atomic E-state index is -0.628. The van der Waals surface area contributed by atoms with Crippen molar-refractivity contribution in [2.24, 2.45) is 5.92 Å². The minimum absolute atomic E-state index is 0.0753. The Balaban J connectivity index is 1.58. The minimum Gasteiger partial charge on any atom is -0.426 e. The van der Waals surface area contributed by atoms with Crippen LogP contribution in [-0.4, -0.2) is 5.97 Å². The smallest absolute Gasteiger partial charge is 0.314 e. The molecule has 1 aliphatic carbocycles. The van der Waals surface area contributed by atoms with Crippen LogP contribution in [0, 0.1) is 5.92 Å². The highest BCUT2D eigenvalue weighted by molar-refractivity contribution is 8.17. The van der Waals surface area contributed by atoms with Gasteiger partial charge in [0.15, 0.2) is 0 Å². The van der Waals surface area contributed by atoms with Gasteiger partial charge in [0.05, 0.1) is 5.92 Å². The van der Waals surface area contributed by atoms with Crippen LogP contribution in [0.4, 0.5) is 0 Å². The van der Waals surface area contributed by atoms with E-state index < -0.39 is 10.9 Å². The molecule has 0 heterocycles. The molecular weight excluding hydrogens is 352 g/mol. The molecule has 0 saturated heterocycles. The normalized spacial score (nSPS) is 14.7. The van der Waals surface area contributed by atoms with Gasteiger partial charge in [-0.1, -0.05) is 49.2 Å². The number of benzene rings is 3. The molecular formula is C24H24O2S. The van der Waals surface area contributed by atoms with E-state index in [-0.39, 0.29) is 11.9 Å². The predicted octanol–water partition coefficient (Wildman–Crippen LogP) is 6.26. The largest absolute Gasteiger partial charge is 0.426 e. The molecule has 3 heteroatoms. The van der Waals surface area contributed by atoms with Crippen molar-refractivity contribution in [3.05, 3.63) is 84.9 Å². The van der Waals surface area contributed by atoms with Crippen LogP contribution in [0.5, 0.6) is 5.75 Å². The number of carbonyl (C=O) groups excluding carboxylic acids is 1. The van der Waals surface area contributed by atoms with Crippen LogP contribution in [0.2, 0.25) is 0 Å². The van der Waals surface area contributed by atoms with E-state index in [1.54, 1.807) is 0 Å². The van der Waals surface area contributed by atoms with E-state index in [0.29, 0.717) is 5.75 Å². The van der Waals surface area contributed by atoms with Crippen molar-refractivity contribution in [2.75, 3.05) is 0 Å². The Morgan fingerprint density at radius 3 is 1.70 bits per heavy atom. The molecule has 0 spiro atoms. The number of carbonyl (C=O) groups is 1. The summed E-state index contributed by atoms with van der Waals surface area (Å²) in [4.78, 5) is 16.1. The second-order valence-electron chi connectivity index (χ2n) is 6.90. The van der Waals surface area contributed by atoms with Crippen molar-refractivity contribution >= 4 is 16.9 Å². The van der Waals surface area contributed by atoms with Gasteiger partial charge in [0.2, 0.25) is 0 Å². The topological polar surface area (TPSA) is 26.3 Å². The Morgan fingerprint density at radius 1 is 0.704 bits per heavy atom. The van der Waals surface area contributed by atoms with E-state index in [1.165, 1.54) is 14.7 Å². The van der Waals surface area contributed by atoms with Crippen LogP contribution in [0.25, 0.3) is 0 Å². The van der Waals surface area contributed by atoms with Crippen molar-refractivity contribution in [1.29, 1.82) is 0 Å². The number of thiol groups is 1. The Kier molecular flexibility index (Phi) is 5.59. The first-order valence-electron chi connectivity index (χ1n) is 9.53. The molecule has 138 valence electrons. The van der Waals surface area contributed by atoms with E-state index in [9.17, 15) is 4.79 Å². The maximum Gasteiger partial charge on any atom is 0.314 e. The highest BCUT2D eigenvalue weighted by atomic mass is 32.2. The zero-order valence-corrected chi connectivity index (χ0v) is 16.1. The van der Waals surface area contributed by atoms with Crippen molar-refractivity contribution in [3.8, 4) is 5.75 Å². The Bertz CT molecular complexity index is 830. The average Bonchev–Trinajstić information content (AvgIpc) is 3.26. The third kappa shape index (κ3) is 4.25. The molecule has 0 N–H and O–H groups in total. The quantitative estimate of drug-likeness (QED) is 0.323. The molecule has 2 nitrogen and oxygen atoms in total. The van der Waals surface area contributed by atoms with Crippen LogP contribution in [0.3, 0.4) is 0 Å². The van der Waals surface area contributed by atoms with Gasteiger partial charge in [-0.25, -0.2) is 0 Å². The molecule has 4 rings (SSSR count). The van der Waals surface area contributed by atoms with Gasteiger partial charge in [-0.2, -0.15) is 10.9 Å². The Labute approximate surface area is 163 Å². The van der Waals surface area contributed by atoms with Gasteiger partial charge in [0.1, 0.15) is 5.75 Å². The fourth-order valence-corrected chi connectivity index (χ4v) is 5.91. The number of rotatable bonds is 5. The highest BCUT2D eigenvalue weighted by Crippen LogP contribution is 2.51. The third-order valence-corrected chi connectivity index (χ3v) is 7.47. The summed E-state index contributed by atoms with van der Waals surface area (Å²) in [6, 6.07) is 29.3. The summed E-state index contributed by atoms with van der Waals surface area (Å²) in [7, 11) is -0.628. The van der Waals surface area contributed by atoms with E-state index in [0.717, 1.165) is 25.7 Å². The number of hydrogen-bond acceptors (Lipinski definition) is 2. The van der Waals surface area contributed by atoms with Crippen LogP contribution in [0.15, 0.2) is 99.6 Å². The summed E-state index contributed by atoms with van der Waals surface area (Å²) in [5.74, 6) is 0.649. The van der Waals surface area contributed by atoms with Gasteiger partial charge < -0.3 is 4.74 Å². The molecule has 1 saturated carbocycles. The third-order valence-electron chi connectivity index (χ3n) is 5.03. The maximum atomic E-state index is 12.3. The summed E-state index contributed by atoms with van der Waals surface area (Å²) in [6.45, 7) is 0. The molecule has 0 unspecified atom stereocenters. The molecule has 0 aromatic heterocycles. The molecule has 1 aliphatic rings. The van der Waals surface area contributed by atoms with Gasteiger partial charge in [0.25, 0.3) is 0 Å². The maximum absolute atomic E-state index is 12.3. The second kappa shape index (κ2) is 8.45. The molecule has 3 aromatic carbocycles. The fourth-order valence-electron chi connectivity index (χ4n) is 3.63.